The van der Waals surface area contributed by atoms with Gasteiger partial charge in [-0.3, -0.25) is 4.79 Å². The monoisotopic (exact) mass is 232 g/mol. The highest BCUT2D eigenvalue weighted by atomic mass is 16.1. The van der Waals surface area contributed by atoms with Gasteiger partial charge < -0.3 is 10.6 Å². The highest BCUT2D eigenvalue weighted by Gasteiger charge is 2.22. The maximum atomic E-state index is 11.7. The number of carbonyl (C=O) groups excluding carboxylic acids is 1. The number of hydrogen-bond acceptors (Lipinski definition) is 2. The predicted molar refractivity (Wildman–Crippen MR) is 69.9 cm³/mol. The number of para-hydroxylation sites is 1. The lowest BCUT2D eigenvalue weighted by Crippen LogP contribution is -2.36. The SMILES string of the molecule is CC1CCC(NC(=O)CNc2ccccc2)C1. The molecule has 2 atom stereocenters. The molecule has 1 aliphatic carbocycles. The summed E-state index contributed by atoms with van der Waals surface area (Å²) < 4.78 is 0. The largest absolute Gasteiger partial charge is 0.376 e. The standard InChI is InChI=1S/C14H20N2O/c1-11-7-8-13(9-11)16-14(17)10-15-12-5-3-2-4-6-12/h2-6,11,13,15H,7-10H2,1H3,(H,16,17). The van der Waals surface area contributed by atoms with E-state index in [9.17, 15) is 4.79 Å². The summed E-state index contributed by atoms with van der Waals surface area (Å²) in [5.41, 5.74) is 0.988. The summed E-state index contributed by atoms with van der Waals surface area (Å²) in [5, 5.41) is 6.20. The van der Waals surface area contributed by atoms with Crippen molar-refractivity contribution >= 4 is 11.6 Å². The first-order chi connectivity index (χ1) is 8.24. The molecule has 1 saturated carbocycles. The molecule has 0 spiro atoms. The Balaban J connectivity index is 1.71. The van der Waals surface area contributed by atoms with Crippen molar-refractivity contribution in [2.75, 3.05) is 11.9 Å². The summed E-state index contributed by atoms with van der Waals surface area (Å²) >= 11 is 0. The Kier molecular flexibility index (Phi) is 4.02. The Morgan fingerprint density at radius 2 is 2.06 bits per heavy atom. The van der Waals surface area contributed by atoms with Crippen molar-refractivity contribution < 1.29 is 4.79 Å². The van der Waals surface area contributed by atoms with Crippen molar-refractivity contribution in [3.05, 3.63) is 30.3 Å². The zero-order valence-corrected chi connectivity index (χ0v) is 10.3. The smallest absolute Gasteiger partial charge is 0.239 e. The van der Waals surface area contributed by atoms with Gasteiger partial charge in [0.1, 0.15) is 0 Å². The molecule has 2 N–H and O–H groups in total. The van der Waals surface area contributed by atoms with Crippen LogP contribution in [0.25, 0.3) is 0 Å². The molecule has 1 amide bonds. The minimum absolute atomic E-state index is 0.0907. The fraction of sp³-hybridized carbons (Fsp3) is 0.500. The van der Waals surface area contributed by atoms with Crippen LogP contribution in [0, 0.1) is 5.92 Å². The molecule has 0 heterocycles. The Hall–Kier alpha value is -1.51. The second kappa shape index (κ2) is 5.71. The Bertz CT molecular complexity index is 364. The molecule has 2 unspecified atom stereocenters. The second-order valence-electron chi connectivity index (χ2n) is 4.90. The second-order valence-corrected chi connectivity index (χ2v) is 4.90. The predicted octanol–water partition coefficient (Wildman–Crippen LogP) is 2.40. The van der Waals surface area contributed by atoms with Crippen molar-refractivity contribution in [3.8, 4) is 0 Å². The first-order valence-electron chi connectivity index (χ1n) is 6.32. The molecule has 17 heavy (non-hydrogen) atoms. The highest BCUT2D eigenvalue weighted by molar-refractivity contribution is 5.80. The van der Waals surface area contributed by atoms with Gasteiger partial charge in [-0.05, 0) is 37.3 Å². The lowest BCUT2D eigenvalue weighted by Gasteiger charge is -2.13. The summed E-state index contributed by atoms with van der Waals surface area (Å²) in [6.45, 7) is 2.60. The van der Waals surface area contributed by atoms with Crippen LogP contribution in [0.1, 0.15) is 26.2 Å². The van der Waals surface area contributed by atoms with E-state index in [1.54, 1.807) is 0 Å². The molecule has 2 rings (SSSR count). The van der Waals surface area contributed by atoms with E-state index in [0.717, 1.165) is 24.4 Å². The Labute approximate surface area is 103 Å². The molecule has 0 bridgehead atoms. The third-order valence-corrected chi connectivity index (χ3v) is 3.29. The van der Waals surface area contributed by atoms with E-state index in [-0.39, 0.29) is 5.91 Å². The minimum atomic E-state index is 0.0907. The van der Waals surface area contributed by atoms with Gasteiger partial charge in [0, 0.05) is 11.7 Å². The number of rotatable bonds is 4. The third kappa shape index (κ3) is 3.77. The lowest BCUT2D eigenvalue weighted by molar-refractivity contribution is -0.120. The summed E-state index contributed by atoms with van der Waals surface area (Å²) in [7, 11) is 0. The summed E-state index contributed by atoms with van der Waals surface area (Å²) in [5.74, 6) is 0.843. The number of amides is 1. The maximum absolute atomic E-state index is 11.7. The fourth-order valence-electron chi connectivity index (χ4n) is 2.36. The molecule has 0 aromatic heterocycles. The third-order valence-electron chi connectivity index (χ3n) is 3.29. The molecule has 1 aromatic rings. The van der Waals surface area contributed by atoms with Crippen LogP contribution in [-0.4, -0.2) is 18.5 Å². The number of nitrogens with one attached hydrogen (secondary N) is 2. The van der Waals surface area contributed by atoms with Crippen LogP contribution in [0.5, 0.6) is 0 Å². The van der Waals surface area contributed by atoms with Crippen molar-refractivity contribution in [1.29, 1.82) is 0 Å². The number of carbonyl (C=O) groups is 1. The molecular weight excluding hydrogens is 212 g/mol. The molecular formula is C14H20N2O. The van der Waals surface area contributed by atoms with Crippen LogP contribution < -0.4 is 10.6 Å². The van der Waals surface area contributed by atoms with Crippen molar-refractivity contribution in [1.82, 2.24) is 5.32 Å². The Morgan fingerprint density at radius 1 is 1.29 bits per heavy atom. The molecule has 0 saturated heterocycles. The number of anilines is 1. The van der Waals surface area contributed by atoms with E-state index in [2.05, 4.69) is 17.6 Å². The zero-order chi connectivity index (χ0) is 12.1. The molecule has 0 radical (unpaired) electrons. The first-order valence-corrected chi connectivity index (χ1v) is 6.32. The summed E-state index contributed by atoms with van der Waals surface area (Å²) in [6.07, 6.45) is 3.48. The average molecular weight is 232 g/mol. The van der Waals surface area contributed by atoms with Gasteiger partial charge >= 0.3 is 0 Å². The molecule has 92 valence electrons. The van der Waals surface area contributed by atoms with Crippen molar-refractivity contribution in [3.63, 3.8) is 0 Å². The normalized spacial score (nSPS) is 23.4. The summed E-state index contributed by atoms with van der Waals surface area (Å²) in [6, 6.07) is 10.2. The Morgan fingerprint density at radius 3 is 2.71 bits per heavy atom. The van der Waals surface area contributed by atoms with Gasteiger partial charge in [-0.2, -0.15) is 0 Å². The summed E-state index contributed by atoms with van der Waals surface area (Å²) in [4.78, 5) is 11.7. The zero-order valence-electron chi connectivity index (χ0n) is 10.3. The molecule has 3 heteroatoms. The molecule has 1 aliphatic rings. The van der Waals surface area contributed by atoms with Gasteiger partial charge in [-0.25, -0.2) is 0 Å². The van der Waals surface area contributed by atoms with E-state index in [1.165, 1.54) is 6.42 Å². The fourth-order valence-corrected chi connectivity index (χ4v) is 2.36. The van der Waals surface area contributed by atoms with Gasteiger partial charge in [-0.15, -0.1) is 0 Å². The van der Waals surface area contributed by atoms with Crippen molar-refractivity contribution in [2.24, 2.45) is 5.92 Å². The quantitative estimate of drug-likeness (QED) is 0.837. The molecule has 0 aliphatic heterocycles. The molecule has 1 fully saturated rings. The van der Waals surface area contributed by atoms with Gasteiger partial charge in [0.2, 0.25) is 5.91 Å². The van der Waals surface area contributed by atoms with Crippen LogP contribution in [0.2, 0.25) is 0 Å². The maximum Gasteiger partial charge on any atom is 0.239 e. The van der Waals surface area contributed by atoms with E-state index < -0.39 is 0 Å². The van der Waals surface area contributed by atoms with Crippen LogP contribution in [0.4, 0.5) is 5.69 Å². The van der Waals surface area contributed by atoms with Gasteiger partial charge in [0.15, 0.2) is 0 Å². The van der Waals surface area contributed by atoms with Crippen LogP contribution >= 0.6 is 0 Å². The number of benzene rings is 1. The first kappa shape index (κ1) is 12.0. The van der Waals surface area contributed by atoms with Gasteiger partial charge in [0.05, 0.1) is 6.54 Å². The molecule has 3 nitrogen and oxygen atoms in total. The van der Waals surface area contributed by atoms with Crippen LogP contribution in [0.3, 0.4) is 0 Å². The topological polar surface area (TPSA) is 41.1 Å². The van der Waals surface area contributed by atoms with E-state index in [0.29, 0.717) is 12.6 Å². The average Bonchev–Trinajstić information content (AvgIpc) is 2.73. The van der Waals surface area contributed by atoms with Gasteiger partial charge in [0.25, 0.3) is 0 Å². The van der Waals surface area contributed by atoms with Gasteiger partial charge in [-0.1, -0.05) is 25.1 Å². The number of hydrogen-bond donors (Lipinski definition) is 2. The van der Waals surface area contributed by atoms with E-state index in [4.69, 9.17) is 0 Å². The van der Waals surface area contributed by atoms with Crippen LogP contribution in [0.15, 0.2) is 30.3 Å². The van der Waals surface area contributed by atoms with E-state index in [1.807, 2.05) is 30.3 Å². The van der Waals surface area contributed by atoms with Crippen LogP contribution in [-0.2, 0) is 4.79 Å². The lowest BCUT2D eigenvalue weighted by atomic mass is 10.1. The van der Waals surface area contributed by atoms with Crippen molar-refractivity contribution in [2.45, 2.75) is 32.2 Å². The molecule has 1 aromatic carbocycles. The highest BCUT2D eigenvalue weighted by Crippen LogP contribution is 2.24. The van der Waals surface area contributed by atoms with E-state index >= 15 is 0 Å². The minimum Gasteiger partial charge on any atom is -0.376 e.